The molecule has 0 bridgehead atoms. The highest BCUT2D eigenvalue weighted by Gasteiger charge is 2.20. The van der Waals surface area contributed by atoms with Crippen molar-refractivity contribution < 1.29 is 9.47 Å². The van der Waals surface area contributed by atoms with Gasteiger partial charge in [0.15, 0.2) is 11.5 Å². The Morgan fingerprint density at radius 3 is 3.08 bits per heavy atom. The molecule has 130 valence electrons. The molecule has 1 aromatic carbocycles. The molecule has 1 atom stereocenters. The molecule has 0 aliphatic carbocycles. The van der Waals surface area contributed by atoms with E-state index in [0.717, 1.165) is 47.4 Å². The van der Waals surface area contributed by atoms with Crippen molar-refractivity contribution >= 4 is 23.7 Å². The van der Waals surface area contributed by atoms with Crippen molar-refractivity contribution in [1.82, 2.24) is 15.2 Å². The maximum Gasteiger partial charge on any atom is 0.231 e. The van der Waals surface area contributed by atoms with E-state index in [1.165, 1.54) is 12.8 Å². The molecular formula is C17H22ClN3O2S. The summed E-state index contributed by atoms with van der Waals surface area (Å²) in [4.78, 5) is 7.30. The molecule has 0 spiro atoms. The van der Waals surface area contributed by atoms with Gasteiger partial charge in [-0.15, -0.1) is 23.7 Å². The molecule has 1 fully saturated rings. The Morgan fingerprint density at radius 1 is 1.33 bits per heavy atom. The van der Waals surface area contributed by atoms with Gasteiger partial charge in [0.25, 0.3) is 0 Å². The van der Waals surface area contributed by atoms with Crippen LogP contribution >= 0.6 is 23.7 Å². The largest absolute Gasteiger partial charge is 0.454 e. The van der Waals surface area contributed by atoms with Crippen LogP contribution in [0.3, 0.4) is 0 Å². The third kappa shape index (κ3) is 3.67. The van der Waals surface area contributed by atoms with Gasteiger partial charge in [0.05, 0.1) is 5.69 Å². The number of benzene rings is 1. The van der Waals surface area contributed by atoms with E-state index in [1.807, 2.05) is 18.2 Å². The van der Waals surface area contributed by atoms with Crippen molar-refractivity contribution in [3.63, 3.8) is 0 Å². The topological polar surface area (TPSA) is 46.6 Å². The zero-order chi connectivity index (χ0) is 15.6. The first-order chi connectivity index (χ1) is 11.3. The van der Waals surface area contributed by atoms with Gasteiger partial charge in [-0.1, -0.05) is 0 Å². The van der Waals surface area contributed by atoms with Gasteiger partial charge < -0.3 is 14.8 Å². The number of hydrogen-bond donors (Lipinski definition) is 1. The van der Waals surface area contributed by atoms with Crippen LogP contribution in [0.5, 0.6) is 11.5 Å². The van der Waals surface area contributed by atoms with Crippen molar-refractivity contribution in [2.45, 2.75) is 25.4 Å². The van der Waals surface area contributed by atoms with Gasteiger partial charge in [-0.3, -0.25) is 4.90 Å². The Labute approximate surface area is 152 Å². The fraction of sp³-hybridized carbons (Fsp3) is 0.471. The number of nitrogens with zero attached hydrogens (tertiary/aromatic N) is 2. The van der Waals surface area contributed by atoms with Gasteiger partial charge in [0.1, 0.15) is 5.01 Å². The van der Waals surface area contributed by atoms with E-state index >= 15 is 0 Å². The molecule has 1 unspecified atom stereocenters. The molecule has 3 heterocycles. The third-order valence-corrected chi connectivity index (χ3v) is 5.41. The smallest absolute Gasteiger partial charge is 0.231 e. The number of aromatic nitrogens is 1. The summed E-state index contributed by atoms with van der Waals surface area (Å²) in [6.07, 6.45) is 2.52. The van der Waals surface area contributed by atoms with Gasteiger partial charge in [0.2, 0.25) is 6.79 Å². The average Bonchev–Trinajstić information content (AvgIpc) is 3.23. The van der Waals surface area contributed by atoms with E-state index in [4.69, 9.17) is 14.5 Å². The zero-order valence-electron chi connectivity index (χ0n) is 13.7. The molecular weight excluding hydrogens is 346 g/mol. The van der Waals surface area contributed by atoms with Crippen LogP contribution in [0.25, 0.3) is 10.6 Å². The number of nitrogens with one attached hydrogen (secondary N) is 1. The first-order valence-electron chi connectivity index (χ1n) is 8.06. The predicted octanol–water partition coefficient (Wildman–Crippen LogP) is 3.14. The number of likely N-dealkylation sites (N-methyl/N-ethyl adjacent to an activating group) is 1. The SMILES string of the molecule is CNC1CCCN(Cc2csc(-c3ccc4c(c3)OCO4)n2)C1.Cl. The summed E-state index contributed by atoms with van der Waals surface area (Å²) in [5.74, 6) is 1.63. The summed E-state index contributed by atoms with van der Waals surface area (Å²) in [6.45, 7) is 3.51. The molecule has 2 aliphatic heterocycles. The second kappa shape index (κ2) is 7.70. The molecule has 0 amide bonds. The number of thiazole rings is 1. The van der Waals surface area contributed by atoms with Gasteiger partial charge in [0, 0.05) is 30.1 Å². The minimum Gasteiger partial charge on any atom is -0.454 e. The molecule has 5 nitrogen and oxygen atoms in total. The first-order valence-corrected chi connectivity index (χ1v) is 8.94. The van der Waals surface area contributed by atoms with Crippen LogP contribution < -0.4 is 14.8 Å². The number of ether oxygens (including phenoxy) is 2. The van der Waals surface area contributed by atoms with E-state index in [0.29, 0.717) is 12.8 Å². The van der Waals surface area contributed by atoms with Crippen LogP contribution in [-0.4, -0.2) is 42.9 Å². The van der Waals surface area contributed by atoms with Crippen molar-refractivity contribution in [2.75, 3.05) is 26.9 Å². The Balaban J connectivity index is 0.00000169. The number of fused-ring (bicyclic) bond motifs is 1. The maximum absolute atomic E-state index is 5.45. The van der Waals surface area contributed by atoms with E-state index in [-0.39, 0.29) is 12.4 Å². The van der Waals surface area contributed by atoms with Crippen molar-refractivity contribution in [3.8, 4) is 22.1 Å². The molecule has 0 radical (unpaired) electrons. The predicted molar refractivity (Wildman–Crippen MR) is 98.3 cm³/mol. The van der Waals surface area contributed by atoms with E-state index in [2.05, 4.69) is 22.6 Å². The lowest BCUT2D eigenvalue weighted by atomic mass is 10.1. The lowest BCUT2D eigenvalue weighted by molar-refractivity contribution is 0.174. The van der Waals surface area contributed by atoms with Crippen molar-refractivity contribution in [1.29, 1.82) is 0 Å². The van der Waals surface area contributed by atoms with Crippen LogP contribution in [-0.2, 0) is 6.54 Å². The highest BCUT2D eigenvalue weighted by molar-refractivity contribution is 7.13. The van der Waals surface area contributed by atoms with Crippen molar-refractivity contribution in [2.24, 2.45) is 0 Å². The third-order valence-electron chi connectivity index (χ3n) is 4.47. The summed E-state index contributed by atoms with van der Waals surface area (Å²) >= 11 is 1.69. The van der Waals surface area contributed by atoms with E-state index in [9.17, 15) is 0 Å². The molecule has 2 aliphatic rings. The van der Waals surface area contributed by atoms with Crippen LogP contribution in [0.15, 0.2) is 23.6 Å². The number of piperidine rings is 1. The molecule has 1 N–H and O–H groups in total. The molecule has 24 heavy (non-hydrogen) atoms. The van der Waals surface area contributed by atoms with E-state index in [1.54, 1.807) is 11.3 Å². The highest BCUT2D eigenvalue weighted by atomic mass is 35.5. The van der Waals surface area contributed by atoms with E-state index < -0.39 is 0 Å². The molecule has 1 aromatic heterocycles. The fourth-order valence-corrected chi connectivity index (χ4v) is 4.01. The minimum absolute atomic E-state index is 0. The second-order valence-electron chi connectivity index (χ2n) is 6.07. The van der Waals surface area contributed by atoms with Crippen LogP contribution in [0.1, 0.15) is 18.5 Å². The Hall–Kier alpha value is -1.34. The van der Waals surface area contributed by atoms with Gasteiger partial charge in [-0.25, -0.2) is 4.98 Å². The Bertz CT molecular complexity index is 694. The number of rotatable bonds is 4. The molecule has 0 saturated carbocycles. The van der Waals surface area contributed by atoms with Gasteiger partial charge >= 0.3 is 0 Å². The van der Waals surface area contributed by atoms with Gasteiger partial charge in [-0.05, 0) is 44.6 Å². The monoisotopic (exact) mass is 367 g/mol. The summed E-state index contributed by atoms with van der Waals surface area (Å²) in [7, 11) is 2.05. The molecule has 7 heteroatoms. The Morgan fingerprint density at radius 2 is 2.21 bits per heavy atom. The number of hydrogen-bond acceptors (Lipinski definition) is 6. The standard InChI is InChI=1S/C17H21N3O2S.ClH/c1-18-13-3-2-6-20(8-13)9-14-10-23-17(19-14)12-4-5-15-16(7-12)22-11-21-15;/h4-5,7,10,13,18H,2-3,6,8-9,11H2,1H3;1H. The number of likely N-dealkylation sites (tertiary alicyclic amines) is 1. The highest BCUT2D eigenvalue weighted by Crippen LogP contribution is 2.36. The minimum atomic E-state index is 0. The molecule has 4 rings (SSSR count). The second-order valence-corrected chi connectivity index (χ2v) is 6.93. The molecule has 2 aromatic rings. The maximum atomic E-state index is 5.45. The van der Waals surface area contributed by atoms with Crippen LogP contribution in [0, 0.1) is 0 Å². The Kier molecular flexibility index (Phi) is 5.61. The lowest BCUT2D eigenvalue weighted by Gasteiger charge is -2.31. The summed E-state index contributed by atoms with van der Waals surface area (Å²) in [5, 5.41) is 6.60. The van der Waals surface area contributed by atoms with Crippen LogP contribution in [0.4, 0.5) is 0 Å². The average molecular weight is 368 g/mol. The lowest BCUT2D eigenvalue weighted by Crippen LogP contribution is -2.43. The zero-order valence-corrected chi connectivity index (χ0v) is 15.3. The summed E-state index contributed by atoms with van der Waals surface area (Å²) in [5.41, 5.74) is 2.25. The quantitative estimate of drug-likeness (QED) is 0.899. The van der Waals surface area contributed by atoms with Crippen LogP contribution in [0.2, 0.25) is 0 Å². The first kappa shape index (κ1) is 17.5. The van der Waals surface area contributed by atoms with Crippen molar-refractivity contribution in [3.05, 3.63) is 29.3 Å². The molecule has 1 saturated heterocycles. The summed E-state index contributed by atoms with van der Waals surface area (Å²) in [6, 6.07) is 6.63. The normalized spacial score (nSPS) is 20.0. The van der Waals surface area contributed by atoms with Gasteiger partial charge in [-0.2, -0.15) is 0 Å². The fourth-order valence-electron chi connectivity index (χ4n) is 3.21. The number of halogens is 1. The summed E-state index contributed by atoms with van der Waals surface area (Å²) < 4.78 is 10.8.